The molecule has 0 aliphatic rings. The molecule has 0 radical (unpaired) electrons. The molecule has 0 spiro atoms. The largest absolute Gasteiger partial charge is 0.261 e. The van der Waals surface area contributed by atoms with Crippen molar-refractivity contribution in [2.45, 2.75) is 6.92 Å². The van der Waals surface area contributed by atoms with Crippen LogP contribution in [0.5, 0.6) is 0 Å². The number of nitrogens with zero attached hydrogens (tertiary/aromatic N) is 1. The summed E-state index contributed by atoms with van der Waals surface area (Å²) in [4.78, 5) is 3.94. The molecule has 3 heteroatoms. The molecule has 0 N–H and O–H groups in total. The first-order valence-corrected chi connectivity index (χ1v) is 3.89. The van der Waals surface area contributed by atoms with E-state index in [0.717, 1.165) is 6.07 Å². The van der Waals surface area contributed by atoms with Crippen molar-refractivity contribution < 1.29 is 8.78 Å². The first-order valence-electron chi connectivity index (χ1n) is 3.89. The van der Waals surface area contributed by atoms with E-state index < -0.39 is 11.6 Å². The molecule has 0 bridgehead atoms. The van der Waals surface area contributed by atoms with Gasteiger partial charge >= 0.3 is 0 Å². The summed E-state index contributed by atoms with van der Waals surface area (Å²) < 4.78 is 26.0. The SMILES string of the molecule is Cc1nccc2cc(F)cc(F)c12. The molecule has 2 aromatic rings. The summed E-state index contributed by atoms with van der Waals surface area (Å²) in [6, 6.07) is 3.76. The molecule has 2 rings (SSSR count). The highest BCUT2D eigenvalue weighted by Gasteiger charge is 2.06. The monoisotopic (exact) mass is 179 g/mol. The number of aromatic nitrogens is 1. The average Bonchev–Trinajstić information content (AvgIpc) is 2.02. The lowest BCUT2D eigenvalue weighted by atomic mass is 10.1. The van der Waals surface area contributed by atoms with Crippen molar-refractivity contribution in [3.05, 3.63) is 41.7 Å². The van der Waals surface area contributed by atoms with Crippen LogP contribution >= 0.6 is 0 Å². The third-order valence-electron chi connectivity index (χ3n) is 1.97. The summed E-state index contributed by atoms with van der Waals surface area (Å²) in [6.07, 6.45) is 1.54. The quantitative estimate of drug-likeness (QED) is 0.606. The van der Waals surface area contributed by atoms with Gasteiger partial charge < -0.3 is 0 Å². The number of hydrogen-bond donors (Lipinski definition) is 0. The fourth-order valence-corrected chi connectivity index (χ4v) is 1.40. The second kappa shape index (κ2) is 2.76. The molecule has 1 aromatic heterocycles. The molecule has 0 amide bonds. The zero-order valence-corrected chi connectivity index (χ0v) is 7.01. The number of halogens is 2. The summed E-state index contributed by atoms with van der Waals surface area (Å²) in [7, 11) is 0. The van der Waals surface area contributed by atoms with Crippen molar-refractivity contribution in [2.75, 3.05) is 0 Å². The van der Waals surface area contributed by atoms with Crippen molar-refractivity contribution in [1.29, 1.82) is 0 Å². The van der Waals surface area contributed by atoms with Gasteiger partial charge in [-0.2, -0.15) is 0 Å². The van der Waals surface area contributed by atoms with Crippen LogP contribution in [0.15, 0.2) is 24.4 Å². The summed E-state index contributed by atoms with van der Waals surface area (Å²) in [5, 5.41) is 0.939. The van der Waals surface area contributed by atoms with E-state index in [1.165, 1.54) is 12.3 Å². The van der Waals surface area contributed by atoms with Crippen LogP contribution in [0.4, 0.5) is 8.78 Å². The van der Waals surface area contributed by atoms with Crippen molar-refractivity contribution in [1.82, 2.24) is 4.98 Å². The van der Waals surface area contributed by atoms with E-state index >= 15 is 0 Å². The molecule has 66 valence electrons. The molecule has 13 heavy (non-hydrogen) atoms. The highest BCUT2D eigenvalue weighted by atomic mass is 19.1. The van der Waals surface area contributed by atoms with Gasteiger partial charge in [0.15, 0.2) is 0 Å². The van der Waals surface area contributed by atoms with Gasteiger partial charge in [-0.1, -0.05) is 0 Å². The van der Waals surface area contributed by atoms with Gasteiger partial charge in [0.2, 0.25) is 0 Å². The van der Waals surface area contributed by atoms with Gasteiger partial charge in [0.25, 0.3) is 0 Å². The molecule has 0 fully saturated rings. The Morgan fingerprint density at radius 2 is 2.00 bits per heavy atom. The van der Waals surface area contributed by atoms with Crippen LogP contribution in [0.25, 0.3) is 10.8 Å². The Balaban J connectivity index is 2.94. The Hall–Kier alpha value is -1.51. The van der Waals surface area contributed by atoms with Crippen LogP contribution < -0.4 is 0 Å². The van der Waals surface area contributed by atoms with Gasteiger partial charge in [-0.15, -0.1) is 0 Å². The molecule has 0 aliphatic carbocycles. The molecule has 0 aliphatic heterocycles. The van der Waals surface area contributed by atoms with Gasteiger partial charge in [0, 0.05) is 23.3 Å². The minimum atomic E-state index is -0.560. The first kappa shape index (κ1) is 8.10. The van der Waals surface area contributed by atoms with E-state index in [2.05, 4.69) is 4.98 Å². The van der Waals surface area contributed by atoms with Crippen LogP contribution in [0.1, 0.15) is 5.69 Å². The van der Waals surface area contributed by atoms with Gasteiger partial charge in [-0.25, -0.2) is 8.78 Å². The highest BCUT2D eigenvalue weighted by Crippen LogP contribution is 2.20. The molecule has 1 heterocycles. The predicted octanol–water partition coefficient (Wildman–Crippen LogP) is 2.82. The second-order valence-electron chi connectivity index (χ2n) is 2.88. The fraction of sp³-hybridized carbons (Fsp3) is 0.100. The summed E-state index contributed by atoms with van der Waals surface area (Å²) in [5.74, 6) is -1.11. The molecule has 1 aromatic carbocycles. The van der Waals surface area contributed by atoms with E-state index in [9.17, 15) is 8.78 Å². The zero-order valence-electron chi connectivity index (χ0n) is 7.01. The molecular formula is C10H7F2N. The minimum Gasteiger partial charge on any atom is -0.261 e. The van der Waals surface area contributed by atoms with E-state index in [4.69, 9.17) is 0 Å². The van der Waals surface area contributed by atoms with Crippen molar-refractivity contribution in [3.63, 3.8) is 0 Å². The van der Waals surface area contributed by atoms with Gasteiger partial charge in [0.1, 0.15) is 11.6 Å². The highest BCUT2D eigenvalue weighted by molar-refractivity contribution is 5.84. The van der Waals surface area contributed by atoms with Gasteiger partial charge in [-0.3, -0.25) is 4.98 Å². The van der Waals surface area contributed by atoms with Crippen molar-refractivity contribution in [3.8, 4) is 0 Å². The standard InChI is InChI=1S/C10H7F2N/c1-6-10-7(2-3-13-6)4-8(11)5-9(10)12/h2-5H,1H3. The Bertz CT molecular complexity index is 466. The van der Waals surface area contributed by atoms with Gasteiger partial charge in [0.05, 0.1) is 0 Å². The number of hydrogen-bond acceptors (Lipinski definition) is 1. The Morgan fingerprint density at radius 3 is 2.77 bits per heavy atom. The average molecular weight is 179 g/mol. The number of fused-ring (bicyclic) bond motifs is 1. The van der Waals surface area contributed by atoms with Gasteiger partial charge in [-0.05, 0) is 24.4 Å². The molecule has 0 atom stereocenters. The topological polar surface area (TPSA) is 12.9 Å². The van der Waals surface area contributed by atoms with Crippen molar-refractivity contribution in [2.24, 2.45) is 0 Å². The third kappa shape index (κ3) is 1.26. The van der Waals surface area contributed by atoms with Crippen LogP contribution in [0.2, 0.25) is 0 Å². The lowest BCUT2D eigenvalue weighted by Crippen LogP contribution is -1.88. The first-order chi connectivity index (χ1) is 6.18. The second-order valence-corrected chi connectivity index (χ2v) is 2.88. The predicted molar refractivity (Wildman–Crippen MR) is 46.4 cm³/mol. The zero-order chi connectivity index (χ0) is 9.42. The van der Waals surface area contributed by atoms with Crippen LogP contribution in [-0.2, 0) is 0 Å². The number of benzene rings is 1. The Labute approximate surface area is 74.0 Å². The van der Waals surface area contributed by atoms with E-state index in [1.807, 2.05) is 0 Å². The number of pyridine rings is 1. The molecular weight excluding hydrogens is 172 g/mol. The van der Waals surface area contributed by atoms with Crippen molar-refractivity contribution >= 4 is 10.8 Å². The Kier molecular flexibility index (Phi) is 1.72. The Morgan fingerprint density at radius 1 is 1.23 bits per heavy atom. The minimum absolute atomic E-state index is 0.393. The molecule has 0 saturated carbocycles. The van der Waals surface area contributed by atoms with E-state index in [0.29, 0.717) is 16.5 Å². The van der Waals surface area contributed by atoms with E-state index in [1.54, 1.807) is 13.0 Å². The normalized spacial score (nSPS) is 10.7. The molecule has 0 unspecified atom stereocenters. The molecule has 0 saturated heterocycles. The molecule has 1 nitrogen and oxygen atoms in total. The lowest BCUT2D eigenvalue weighted by Gasteiger charge is -2.01. The maximum Gasteiger partial charge on any atom is 0.135 e. The number of aryl methyl sites for hydroxylation is 1. The summed E-state index contributed by atoms with van der Waals surface area (Å²) in [5.41, 5.74) is 0.579. The smallest absolute Gasteiger partial charge is 0.135 e. The summed E-state index contributed by atoms with van der Waals surface area (Å²) in [6.45, 7) is 1.70. The van der Waals surface area contributed by atoms with Crippen LogP contribution in [-0.4, -0.2) is 4.98 Å². The van der Waals surface area contributed by atoms with Crippen LogP contribution in [0, 0.1) is 18.6 Å². The lowest BCUT2D eigenvalue weighted by molar-refractivity contribution is 0.591. The van der Waals surface area contributed by atoms with Crippen LogP contribution in [0.3, 0.4) is 0 Å². The maximum atomic E-state index is 13.2. The fourth-order valence-electron chi connectivity index (χ4n) is 1.40. The maximum absolute atomic E-state index is 13.2. The number of rotatable bonds is 0. The summed E-state index contributed by atoms with van der Waals surface area (Å²) >= 11 is 0. The van der Waals surface area contributed by atoms with E-state index in [-0.39, 0.29) is 0 Å². The third-order valence-corrected chi connectivity index (χ3v) is 1.97.